The van der Waals surface area contributed by atoms with E-state index in [1.165, 1.54) is 18.2 Å². The Balaban J connectivity index is 1.81. The molecule has 1 saturated carbocycles. The number of amides is 1. The van der Waals surface area contributed by atoms with Crippen molar-refractivity contribution in [2.24, 2.45) is 0 Å². The van der Waals surface area contributed by atoms with Crippen LogP contribution in [0.15, 0.2) is 36.4 Å². The summed E-state index contributed by atoms with van der Waals surface area (Å²) in [5.41, 5.74) is 1.85. The Labute approximate surface area is 156 Å². The molecule has 0 saturated heterocycles. The number of nitrogens with one attached hydrogen (secondary N) is 2. The first-order valence-electron chi connectivity index (χ1n) is 7.53. The molecule has 5 nitrogen and oxygen atoms in total. The van der Waals surface area contributed by atoms with Gasteiger partial charge in [-0.2, -0.15) is 0 Å². The molecule has 3 N–H and O–H groups in total. The number of carbonyl (C=O) groups excluding carboxylic acids is 1. The maximum Gasteiger partial charge on any atom is 0.276 e. The van der Waals surface area contributed by atoms with Crippen molar-refractivity contribution in [1.29, 1.82) is 0 Å². The molecular formula is C17H15F2IN2O3. The van der Waals surface area contributed by atoms with E-state index in [4.69, 9.17) is 4.84 Å². The van der Waals surface area contributed by atoms with E-state index < -0.39 is 23.1 Å². The van der Waals surface area contributed by atoms with Crippen LogP contribution in [0.5, 0.6) is 0 Å². The number of halogens is 3. The van der Waals surface area contributed by atoms with Crippen LogP contribution in [0.3, 0.4) is 0 Å². The van der Waals surface area contributed by atoms with Gasteiger partial charge in [0.15, 0.2) is 0 Å². The van der Waals surface area contributed by atoms with Crippen molar-refractivity contribution in [2.75, 3.05) is 11.9 Å². The lowest BCUT2D eigenvalue weighted by atomic mass is 10.1. The minimum Gasteiger partial charge on any atom is -0.393 e. The zero-order valence-corrected chi connectivity index (χ0v) is 15.1. The van der Waals surface area contributed by atoms with Gasteiger partial charge in [-0.15, -0.1) is 0 Å². The van der Waals surface area contributed by atoms with E-state index in [0.29, 0.717) is 16.4 Å². The number of aliphatic hydroxyl groups excluding tert-OH is 1. The highest BCUT2D eigenvalue weighted by Gasteiger charge is 2.45. The number of hydrogen-bond acceptors (Lipinski definition) is 4. The number of benzene rings is 2. The summed E-state index contributed by atoms with van der Waals surface area (Å²) in [4.78, 5) is 17.6. The average Bonchev–Trinajstić information content (AvgIpc) is 3.36. The van der Waals surface area contributed by atoms with Crippen LogP contribution in [0, 0.1) is 15.2 Å². The molecular weight excluding hydrogens is 445 g/mol. The van der Waals surface area contributed by atoms with Crippen LogP contribution in [0.2, 0.25) is 0 Å². The van der Waals surface area contributed by atoms with Gasteiger partial charge in [-0.05, 0) is 71.8 Å². The maximum atomic E-state index is 14.0. The first-order chi connectivity index (χ1) is 11.9. The molecule has 25 heavy (non-hydrogen) atoms. The fourth-order valence-corrected chi connectivity index (χ4v) is 2.65. The number of carbonyl (C=O) groups is 1. The minimum atomic E-state index is -0.731. The molecule has 0 aliphatic heterocycles. The summed E-state index contributed by atoms with van der Waals surface area (Å²) >= 11 is 1.97. The normalized spacial score (nSPS) is 14.9. The highest BCUT2D eigenvalue weighted by Crippen LogP contribution is 2.38. The van der Waals surface area contributed by atoms with Crippen molar-refractivity contribution in [3.8, 4) is 0 Å². The summed E-state index contributed by atoms with van der Waals surface area (Å²) < 4.78 is 28.3. The second-order valence-corrected chi connectivity index (χ2v) is 7.06. The molecule has 0 radical (unpaired) electrons. The molecule has 0 spiro atoms. The lowest BCUT2D eigenvalue weighted by Gasteiger charge is -2.16. The van der Waals surface area contributed by atoms with E-state index in [2.05, 4.69) is 10.8 Å². The highest BCUT2D eigenvalue weighted by molar-refractivity contribution is 14.1. The second kappa shape index (κ2) is 7.22. The molecule has 2 aromatic rings. The van der Waals surface area contributed by atoms with Crippen LogP contribution in [0.25, 0.3) is 0 Å². The van der Waals surface area contributed by atoms with Crippen LogP contribution in [0.1, 0.15) is 23.2 Å². The summed E-state index contributed by atoms with van der Waals surface area (Å²) in [7, 11) is 0. The molecule has 2 aromatic carbocycles. The van der Waals surface area contributed by atoms with Gasteiger partial charge < -0.3 is 10.4 Å². The van der Waals surface area contributed by atoms with E-state index in [0.717, 1.165) is 12.1 Å². The fraction of sp³-hybridized carbons (Fsp3) is 0.235. The third-order valence-corrected chi connectivity index (χ3v) is 4.55. The molecule has 1 fully saturated rings. The number of rotatable bonds is 6. The third-order valence-electron chi connectivity index (χ3n) is 3.88. The van der Waals surface area contributed by atoms with E-state index in [9.17, 15) is 18.7 Å². The first-order valence-corrected chi connectivity index (χ1v) is 8.61. The molecule has 8 heteroatoms. The van der Waals surface area contributed by atoms with Crippen molar-refractivity contribution in [3.05, 3.63) is 57.2 Å². The Morgan fingerprint density at radius 2 is 1.96 bits per heavy atom. The summed E-state index contributed by atoms with van der Waals surface area (Å²) in [6.45, 7) is -0.199. The Morgan fingerprint density at radius 1 is 1.20 bits per heavy atom. The van der Waals surface area contributed by atoms with E-state index in [-0.39, 0.29) is 23.5 Å². The lowest BCUT2D eigenvalue weighted by Crippen LogP contribution is -2.33. The van der Waals surface area contributed by atoms with Gasteiger partial charge >= 0.3 is 0 Å². The quantitative estimate of drug-likeness (QED) is 0.456. The van der Waals surface area contributed by atoms with Gasteiger partial charge in [-0.1, -0.05) is 0 Å². The molecule has 0 atom stereocenters. The lowest BCUT2D eigenvalue weighted by molar-refractivity contribution is -0.0566. The predicted octanol–water partition coefficient (Wildman–Crippen LogP) is 3.50. The first kappa shape index (κ1) is 18.0. The molecule has 0 unspecified atom stereocenters. The Kier molecular flexibility index (Phi) is 5.21. The number of hydroxylamine groups is 1. The largest absolute Gasteiger partial charge is 0.393 e. The molecule has 3 rings (SSSR count). The van der Waals surface area contributed by atoms with Crippen LogP contribution >= 0.6 is 22.6 Å². The topological polar surface area (TPSA) is 70.6 Å². The van der Waals surface area contributed by atoms with Crippen molar-refractivity contribution >= 4 is 39.9 Å². The van der Waals surface area contributed by atoms with Crippen molar-refractivity contribution in [2.45, 2.75) is 18.4 Å². The zero-order valence-electron chi connectivity index (χ0n) is 13.0. The number of anilines is 2. The average molecular weight is 460 g/mol. The number of hydrogen-bond donors (Lipinski definition) is 3. The van der Waals surface area contributed by atoms with Gasteiger partial charge in [0.2, 0.25) is 0 Å². The van der Waals surface area contributed by atoms with Crippen molar-refractivity contribution < 1.29 is 23.5 Å². The molecule has 0 bridgehead atoms. The Morgan fingerprint density at radius 3 is 2.60 bits per heavy atom. The standard InChI is InChI=1S/C17H15F2IN2O3/c18-10-1-3-12(16(24)22-25-17(9-23)5-6-17)15(7-10)21-14-4-2-11(20)8-13(14)19/h1-4,7-8,21,23H,5-6,9H2,(H,22,24). The molecule has 1 amide bonds. The smallest absolute Gasteiger partial charge is 0.276 e. The van der Waals surface area contributed by atoms with Gasteiger partial charge in [0.25, 0.3) is 5.91 Å². The summed E-state index contributed by atoms with van der Waals surface area (Å²) in [5.74, 6) is -1.70. The van der Waals surface area contributed by atoms with E-state index in [1.54, 1.807) is 6.07 Å². The van der Waals surface area contributed by atoms with Gasteiger partial charge in [-0.25, -0.2) is 14.3 Å². The number of aliphatic hydroxyl groups is 1. The van der Waals surface area contributed by atoms with E-state index in [1.807, 2.05) is 22.6 Å². The Hall–Kier alpha value is -1.78. The molecule has 1 aliphatic carbocycles. The molecule has 0 heterocycles. The van der Waals surface area contributed by atoms with Gasteiger partial charge in [-0.3, -0.25) is 9.63 Å². The van der Waals surface area contributed by atoms with Crippen molar-refractivity contribution in [1.82, 2.24) is 5.48 Å². The van der Waals surface area contributed by atoms with Crippen LogP contribution in [-0.2, 0) is 4.84 Å². The Bertz CT molecular complexity index is 812. The second-order valence-electron chi connectivity index (χ2n) is 5.81. The monoisotopic (exact) mass is 460 g/mol. The summed E-state index contributed by atoms with van der Waals surface area (Å²) in [5, 5.41) is 11.9. The predicted molar refractivity (Wildman–Crippen MR) is 96.4 cm³/mol. The van der Waals surface area contributed by atoms with Crippen molar-refractivity contribution in [3.63, 3.8) is 0 Å². The zero-order chi connectivity index (χ0) is 18.0. The fourth-order valence-electron chi connectivity index (χ4n) is 2.20. The maximum absolute atomic E-state index is 14.0. The van der Waals surface area contributed by atoms with Gasteiger partial charge in [0, 0.05) is 3.57 Å². The third kappa shape index (κ3) is 4.25. The molecule has 0 aromatic heterocycles. The van der Waals surface area contributed by atoms with Crippen LogP contribution in [-0.4, -0.2) is 23.2 Å². The van der Waals surface area contributed by atoms with E-state index >= 15 is 0 Å². The van der Waals surface area contributed by atoms with Gasteiger partial charge in [0.1, 0.15) is 17.2 Å². The summed E-state index contributed by atoms with van der Waals surface area (Å²) in [6.07, 6.45) is 1.29. The van der Waals surface area contributed by atoms with Crippen LogP contribution < -0.4 is 10.8 Å². The highest BCUT2D eigenvalue weighted by atomic mass is 127. The van der Waals surface area contributed by atoms with Crippen LogP contribution in [0.4, 0.5) is 20.2 Å². The molecule has 132 valence electrons. The summed E-state index contributed by atoms with van der Waals surface area (Å²) in [6, 6.07) is 8.02. The minimum absolute atomic E-state index is 0.0908. The van der Waals surface area contributed by atoms with Gasteiger partial charge in [0.05, 0.1) is 23.5 Å². The molecule has 1 aliphatic rings. The SMILES string of the molecule is O=C(NOC1(CO)CC1)c1ccc(F)cc1Nc1ccc(I)cc1F.